The van der Waals surface area contributed by atoms with Crippen molar-refractivity contribution in [1.82, 2.24) is 0 Å². The highest BCUT2D eigenvalue weighted by Crippen LogP contribution is 1.95. The summed E-state index contributed by atoms with van der Waals surface area (Å²) >= 11 is 0. The SMILES string of the molecule is CC.CCCCCC.CCCCCC. The van der Waals surface area contributed by atoms with Crippen molar-refractivity contribution in [3.8, 4) is 0 Å². The van der Waals surface area contributed by atoms with Crippen LogP contribution in [-0.2, 0) is 0 Å². The predicted molar refractivity (Wildman–Crippen MR) is 71.0 cm³/mol. The van der Waals surface area contributed by atoms with E-state index in [2.05, 4.69) is 27.7 Å². The van der Waals surface area contributed by atoms with Crippen LogP contribution in [0.15, 0.2) is 0 Å². The molecule has 0 aliphatic rings. The first-order valence-electron chi connectivity index (χ1n) is 6.83. The fraction of sp³-hybridized carbons (Fsp3) is 1.00. The van der Waals surface area contributed by atoms with Gasteiger partial charge in [-0.3, -0.25) is 0 Å². The quantitative estimate of drug-likeness (QED) is 0.450. The molecule has 0 heterocycles. The average Bonchev–Trinajstić information content (AvgIpc) is 2.27. The third-order valence-corrected chi connectivity index (χ3v) is 1.91. The van der Waals surface area contributed by atoms with E-state index in [0.29, 0.717) is 0 Å². The molecule has 0 aliphatic carbocycles. The molecular formula is C14H34. The van der Waals surface area contributed by atoms with Crippen molar-refractivity contribution in [2.24, 2.45) is 0 Å². The molecule has 0 amide bonds. The molecule has 0 aromatic heterocycles. The first-order chi connectivity index (χ1) is 6.83. The van der Waals surface area contributed by atoms with Crippen LogP contribution in [0.1, 0.15) is 92.9 Å². The molecule has 0 unspecified atom stereocenters. The molecule has 0 rings (SSSR count). The molecule has 0 atom stereocenters. The molecule has 0 bridgehead atoms. The van der Waals surface area contributed by atoms with Crippen molar-refractivity contribution in [1.29, 1.82) is 0 Å². The van der Waals surface area contributed by atoms with E-state index < -0.39 is 0 Å². The Bertz CT molecular complexity index is 32.0. The van der Waals surface area contributed by atoms with Gasteiger partial charge in [0.25, 0.3) is 0 Å². The normalized spacial score (nSPS) is 8.14. The molecule has 0 radical (unpaired) electrons. The maximum absolute atomic E-state index is 2.23. The van der Waals surface area contributed by atoms with Gasteiger partial charge in [0.1, 0.15) is 0 Å². The van der Waals surface area contributed by atoms with Gasteiger partial charge in [0, 0.05) is 0 Å². The summed E-state index contributed by atoms with van der Waals surface area (Å²) in [5, 5.41) is 0. The average molecular weight is 202 g/mol. The Morgan fingerprint density at radius 2 is 0.571 bits per heavy atom. The van der Waals surface area contributed by atoms with Gasteiger partial charge in [-0.2, -0.15) is 0 Å². The van der Waals surface area contributed by atoms with Crippen LogP contribution in [0, 0.1) is 0 Å². The van der Waals surface area contributed by atoms with Crippen LogP contribution in [0.4, 0.5) is 0 Å². The Kier molecular flexibility index (Phi) is 40.9. The summed E-state index contributed by atoms with van der Waals surface area (Å²) < 4.78 is 0. The maximum atomic E-state index is 2.23. The number of unbranched alkanes of at least 4 members (excludes halogenated alkanes) is 6. The van der Waals surface area contributed by atoms with Crippen molar-refractivity contribution in [2.75, 3.05) is 0 Å². The third kappa shape index (κ3) is 40.3. The molecule has 0 saturated heterocycles. The first kappa shape index (κ1) is 19.6. The standard InChI is InChI=1S/2C6H14.C2H6/c2*1-3-5-6-4-2;1-2/h2*3-6H2,1-2H3;1-2H3. The second-order valence-electron chi connectivity index (χ2n) is 3.41. The minimum absolute atomic E-state index is 1.36. The van der Waals surface area contributed by atoms with Gasteiger partial charge < -0.3 is 0 Å². The number of rotatable bonds is 6. The second-order valence-corrected chi connectivity index (χ2v) is 3.41. The summed E-state index contributed by atoms with van der Waals surface area (Å²) in [5.41, 5.74) is 0. The van der Waals surface area contributed by atoms with Crippen LogP contribution in [0.3, 0.4) is 0 Å². The summed E-state index contributed by atoms with van der Waals surface area (Å²) in [6, 6.07) is 0. The van der Waals surface area contributed by atoms with E-state index in [-0.39, 0.29) is 0 Å². The Labute approximate surface area is 93.5 Å². The van der Waals surface area contributed by atoms with Gasteiger partial charge in [0.05, 0.1) is 0 Å². The molecule has 0 heteroatoms. The lowest BCUT2D eigenvalue weighted by atomic mass is 10.2. The van der Waals surface area contributed by atoms with Crippen LogP contribution in [0.2, 0.25) is 0 Å². The summed E-state index contributed by atoms with van der Waals surface area (Å²) in [5.74, 6) is 0. The van der Waals surface area contributed by atoms with Crippen molar-refractivity contribution in [3.05, 3.63) is 0 Å². The van der Waals surface area contributed by atoms with Gasteiger partial charge in [-0.15, -0.1) is 0 Å². The van der Waals surface area contributed by atoms with E-state index in [1.807, 2.05) is 13.8 Å². The zero-order chi connectivity index (χ0) is 11.7. The number of hydrogen-bond donors (Lipinski definition) is 0. The van der Waals surface area contributed by atoms with Gasteiger partial charge in [-0.1, -0.05) is 92.9 Å². The minimum atomic E-state index is 1.36. The van der Waals surface area contributed by atoms with Gasteiger partial charge in [0.2, 0.25) is 0 Å². The van der Waals surface area contributed by atoms with E-state index in [4.69, 9.17) is 0 Å². The Hall–Kier alpha value is 0. The molecule has 0 aromatic carbocycles. The highest BCUT2D eigenvalue weighted by Gasteiger charge is 1.75. The minimum Gasteiger partial charge on any atom is -0.0683 e. The Morgan fingerprint density at radius 3 is 0.643 bits per heavy atom. The Balaban J connectivity index is -0.000000147. The van der Waals surface area contributed by atoms with E-state index in [0.717, 1.165) is 0 Å². The monoisotopic (exact) mass is 202 g/mol. The van der Waals surface area contributed by atoms with E-state index in [9.17, 15) is 0 Å². The van der Waals surface area contributed by atoms with E-state index in [1.54, 1.807) is 0 Å². The molecule has 0 fully saturated rings. The lowest BCUT2D eigenvalue weighted by molar-refractivity contribution is 0.702. The second kappa shape index (κ2) is 29.2. The van der Waals surface area contributed by atoms with Gasteiger partial charge in [-0.25, -0.2) is 0 Å². The van der Waals surface area contributed by atoms with E-state index >= 15 is 0 Å². The zero-order valence-corrected chi connectivity index (χ0v) is 11.7. The van der Waals surface area contributed by atoms with Crippen LogP contribution in [0.5, 0.6) is 0 Å². The summed E-state index contributed by atoms with van der Waals surface area (Å²) in [6.45, 7) is 12.9. The predicted octanol–water partition coefficient (Wildman–Crippen LogP) is 6.20. The topological polar surface area (TPSA) is 0 Å². The van der Waals surface area contributed by atoms with E-state index in [1.165, 1.54) is 51.4 Å². The Morgan fingerprint density at radius 1 is 0.429 bits per heavy atom. The lowest BCUT2D eigenvalue weighted by Crippen LogP contribution is -1.66. The summed E-state index contributed by atoms with van der Waals surface area (Å²) in [7, 11) is 0. The molecule has 14 heavy (non-hydrogen) atoms. The van der Waals surface area contributed by atoms with Crippen molar-refractivity contribution in [2.45, 2.75) is 92.9 Å². The molecule has 0 aliphatic heterocycles. The largest absolute Gasteiger partial charge is 0.0683 e. The van der Waals surface area contributed by atoms with Crippen molar-refractivity contribution < 1.29 is 0 Å². The van der Waals surface area contributed by atoms with Crippen LogP contribution in [-0.4, -0.2) is 0 Å². The third-order valence-electron chi connectivity index (χ3n) is 1.91. The molecule has 0 aromatic rings. The molecule has 0 nitrogen and oxygen atoms in total. The van der Waals surface area contributed by atoms with Crippen LogP contribution >= 0.6 is 0 Å². The summed E-state index contributed by atoms with van der Waals surface area (Å²) in [6.07, 6.45) is 11.1. The van der Waals surface area contributed by atoms with Gasteiger partial charge in [0.15, 0.2) is 0 Å². The van der Waals surface area contributed by atoms with Crippen LogP contribution < -0.4 is 0 Å². The van der Waals surface area contributed by atoms with Crippen LogP contribution in [0.25, 0.3) is 0 Å². The lowest BCUT2D eigenvalue weighted by Gasteiger charge is -1.86. The highest BCUT2D eigenvalue weighted by molar-refractivity contribution is 4.31. The highest BCUT2D eigenvalue weighted by atomic mass is 13.8. The maximum Gasteiger partial charge on any atom is -0.0536 e. The summed E-state index contributed by atoms with van der Waals surface area (Å²) in [4.78, 5) is 0. The molecule has 0 spiro atoms. The zero-order valence-electron chi connectivity index (χ0n) is 11.7. The molecule has 0 N–H and O–H groups in total. The van der Waals surface area contributed by atoms with Gasteiger partial charge >= 0.3 is 0 Å². The molecule has 90 valence electrons. The fourth-order valence-corrected chi connectivity index (χ4v) is 1.000. The molecule has 0 saturated carbocycles. The van der Waals surface area contributed by atoms with Crippen molar-refractivity contribution >= 4 is 0 Å². The number of hydrogen-bond acceptors (Lipinski definition) is 0. The fourth-order valence-electron chi connectivity index (χ4n) is 1.000. The first-order valence-corrected chi connectivity index (χ1v) is 6.83. The van der Waals surface area contributed by atoms with Crippen molar-refractivity contribution in [3.63, 3.8) is 0 Å². The van der Waals surface area contributed by atoms with Gasteiger partial charge in [-0.05, 0) is 0 Å². The molecular weight excluding hydrogens is 168 g/mol. The smallest absolute Gasteiger partial charge is 0.0536 e.